The summed E-state index contributed by atoms with van der Waals surface area (Å²) in [6, 6.07) is 13.1. The molecule has 0 atom stereocenters. The van der Waals surface area contributed by atoms with Crippen LogP contribution in [0.2, 0.25) is 0 Å². The molecular weight excluding hydrogens is 376 g/mol. The molecule has 8 heteroatoms. The lowest BCUT2D eigenvalue weighted by molar-refractivity contribution is 0.174. The third-order valence-electron chi connectivity index (χ3n) is 4.55. The topological polar surface area (TPSA) is 79.5 Å². The number of aromatic nitrogens is 2. The van der Waals surface area contributed by atoms with E-state index in [0.29, 0.717) is 41.5 Å². The van der Waals surface area contributed by atoms with Crippen molar-refractivity contribution < 1.29 is 9.47 Å². The summed E-state index contributed by atoms with van der Waals surface area (Å²) in [5, 5.41) is 4.43. The Morgan fingerprint density at radius 1 is 1.25 bits per heavy atom. The minimum atomic E-state index is -0.143. The molecule has 0 aliphatic carbocycles. The van der Waals surface area contributed by atoms with Crippen LogP contribution in [0.25, 0.3) is 10.9 Å². The maximum atomic E-state index is 12.3. The van der Waals surface area contributed by atoms with Crippen LogP contribution >= 0.6 is 12.2 Å². The van der Waals surface area contributed by atoms with E-state index in [9.17, 15) is 4.79 Å². The van der Waals surface area contributed by atoms with Crippen molar-refractivity contribution in [3.05, 3.63) is 64.2 Å². The van der Waals surface area contributed by atoms with E-state index in [0.717, 1.165) is 17.1 Å². The highest BCUT2D eigenvalue weighted by Gasteiger charge is 2.14. The molecule has 2 N–H and O–H groups in total. The van der Waals surface area contributed by atoms with Crippen molar-refractivity contribution in [2.24, 2.45) is 0 Å². The second-order valence-corrected chi connectivity index (χ2v) is 6.78. The molecule has 0 saturated carbocycles. The van der Waals surface area contributed by atoms with E-state index in [1.165, 1.54) is 0 Å². The van der Waals surface area contributed by atoms with Crippen molar-refractivity contribution in [2.45, 2.75) is 20.0 Å². The van der Waals surface area contributed by atoms with Crippen molar-refractivity contribution in [3.63, 3.8) is 0 Å². The van der Waals surface area contributed by atoms with Gasteiger partial charge in [-0.15, -0.1) is 0 Å². The highest BCUT2D eigenvalue weighted by molar-refractivity contribution is 7.80. The van der Waals surface area contributed by atoms with Crippen LogP contribution in [0.1, 0.15) is 18.3 Å². The number of aromatic amines is 1. The third-order valence-corrected chi connectivity index (χ3v) is 4.95. The van der Waals surface area contributed by atoms with Gasteiger partial charge in [-0.3, -0.25) is 4.79 Å². The first kappa shape index (κ1) is 18.2. The summed E-state index contributed by atoms with van der Waals surface area (Å²) < 4.78 is 10.7. The van der Waals surface area contributed by atoms with Gasteiger partial charge in [0.15, 0.2) is 16.6 Å². The predicted molar refractivity (Wildman–Crippen MR) is 110 cm³/mol. The van der Waals surface area contributed by atoms with Gasteiger partial charge in [-0.2, -0.15) is 0 Å². The van der Waals surface area contributed by atoms with Gasteiger partial charge in [0.2, 0.25) is 6.79 Å². The largest absolute Gasteiger partial charge is 0.454 e. The van der Waals surface area contributed by atoms with Crippen molar-refractivity contribution in [1.29, 1.82) is 0 Å². The van der Waals surface area contributed by atoms with Crippen molar-refractivity contribution in [2.75, 3.05) is 13.3 Å². The summed E-state index contributed by atoms with van der Waals surface area (Å²) in [5.74, 6) is 2.08. The number of H-pyrrole nitrogens is 1. The van der Waals surface area contributed by atoms with Crippen molar-refractivity contribution in [1.82, 2.24) is 20.2 Å². The zero-order valence-corrected chi connectivity index (χ0v) is 16.2. The molecule has 28 heavy (non-hydrogen) atoms. The molecule has 0 fully saturated rings. The molecule has 0 saturated heterocycles. The number of fused-ring (bicyclic) bond motifs is 2. The molecule has 0 bridgehead atoms. The van der Waals surface area contributed by atoms with Gasteiger partial charge < -0.3 is 24.7 Å². The molecule has 3 aromatic rings. The number of hydrogen-bond acceptors (Lipinski definition) is 5. The summed E-state index contributed by atoms with van der Waals surface area (Å²) in [6.07, 6.45) is 0. The number of benzene rings is 2. The number of nitrogens with zero attached hydrogens (tertiary/aromatic N) is 2. The van der Waals surface area contributed by atoms with Crippen LogP contribution in [-0.2, 0) is 13.1 Å². The van der Waals surface area contributed by atoms with Crippen LogP contribution in [0.3, 0.4) is 0 Å². The second kappa shape index (κ2) is 7.85. The van der Waals surface area contributed by atoms with Gasteiger partial charge in [-0.1, -0.05) is 18.2 Å². The minimum absolute atomic E-state index is 0.143. The van der Waals surface area contributed by atoms with Gasteiger partial charge in [0, 0.05) is 13.1 Å². The number of rotatable bonds is 5. The fourth-order valence-electron chi connectivity index (χ4n) is 3.06. The average Bonchev–Trinajstić information content (AvgIpc) is 3.18. The Kier molecular flexibility index (Phi) is 5.12. The first-order valence-corrected chi connectivity index (χ1v) is 9.44. The van der Waals surface area contributed by atoms with Gasteiger partial charge >= 0.3 is 0 Å². The summed E-state index contributed by atoms with van der Waals surface area (Å²) in [6.45, 7) is 3.93. The van der Waals surface area contributed by atoms with E-state index in [-0.39, 0.29) is 12.4 Å². The first-order chi connectivity index (χ1) is 13.6. The number of thiocarbonyl (C=S) groups is 1. The molecular formula is C20H20N4O3S. The molecule has 1 aliphatic rings. The molecule has 1 aliphatic heterocycles. The van der Waals surface area contributed by atoms with Crippen LogP contribution in [0.5, 0.6) is 11.5 Å². The molecule has 0 spiro atoms. The lowest BCUT2D eigenvalue weighted by Crippen LogP contribution is -2.39. The number of para-hydroxylation sites is 1. The fraction of sp³-hybridized carbons (Fsp3) is 0.250. The molecule has 4 rings (SSSR count). The normalized spacial score (nSPS) is 12.2. The minimum Gasteiger partial charge on any atom is -0.454 e. The summed E-state index contributed by atoms with van der Waals surface area (Å²) in [5.41, 5.74) is 1.58. The summed E-state index contributed by atoms with van der Waals surface area (Å²) in [4.78, 5) is 21.6. The molecule has 2 aromatic carbocycles. The van der Waals surface area contributed by atoms with E-state index in [1.54, 1.807) is 6.07 Å². The predicted octanol–water partition coefficient (Wildman–Crippen LogP) is 2.55. The lowest BCUT2D eigenvalue weighted by atomic mass is 10.2. The summed E-state index contributed by atoms with van der Waals surface area (Å²) in [7, 11) is 0. The van der Waals surface area contributed by atoms with E-state index < -0.39 is 0 Å². The average molecular weight is 396 g/mol. The molecule has 7 nitrogen and oxygen atoms in total. The van der Waals surface area contributed by atoms with E-state index >= 15 is 0 Å². The Morgan fingerprint density at radius 3 is 2.93 bits per heavy atom. The SMILES string of the molecule is CCN(Cc1nc2ccccc2c(=O)[nH]1)C(=S)NCc1ccc2c(c1)OCO2. The molecule has 0 unspecified atom stereocenters. The Hall–Kier alpha value is -3.13. The van der Waals surface area contributed by atoms with E-state index in [2.05, 4.69) is 15.3 Å². The maximum Gasteiger partial charge on any atom is 0.258 e. The zero-order valence-electron chi connectivity index (χ0n) is 15.4. The monoisotopic (exact) mass is 396 g/mol. The van der Waals surface area contributed by atoms with Gasteiger partial charge in [0.25, 0.3) is 5.56 Å². The summed E-state index contributed by atoms with van der Waals surface area (Å²) >= 11 is 5.54. The van der Waals surface area contributed by atoms with Gasteiger partial charge in [-0.25, -0.2) is 4.98 Å². The molecule has 0 radical (unpaired) electrons. The molecule has 144 valence electrons. The first-order valence-electron chi connectivity index (χ1n) is 9.03. The smallest absolute Gasteiger partial charge is 0.258 e. The van der Waals surface area contributed by atoms with Crippen LogP contribution in [0.15, 0.2) is 47.3 Å². The van der Waals surface area contributed by atoms with Crippen LogP contribution in [0, 0.1) is 0 Å². The third kappa shape index (κ3) is 3.77. The number of hydrogen-bond donors (Lipinski definition) is 2. The Morgan fingerprint density at radius 2 is 2.07 bits per heavy atom. The van der Waals surface area contributed by atoms with Crippen LogP contribution in [-0.4, -0.2) is 33.3 Å². The molecule has 1 aromatic heterocycles. The number of ether oxygens (including phenoxy) is 2. The fourth-order valence-corrected chi connectivity index (χ4v) is 3.32. The van der Waals surface area contributed by atoms with Crippen molar-refractivity contribution >= 4 is 28.2 Å². The Bertz CT molecular complexity index is 1080. The highest BCUT2D eigenvalue weighted by Crippen LogP contribution is 2.32. The Balaban J connectivity index is 1.43. The van der Waals surface area contributed by atoms with Crippen LogP contribution < -0.4 is 20.3 Å². The van der Waals surface area contributed by atoms with E-state index in [4.69, 9.17) is 21.7 Å². The van der Waals surface area contributed by atoms with Gasteiger partial charge in [0.1, 0.15) is 5.82 Å². The van der Waals surface area contributed by atoms with Crippen molar-refractivity contribution in [3.8, 4) is 11.5 Å². The maximum absolute atomic E-state index is 12.3. The number of nitrogens with one attached hydrogen (secondary N) is 2. The second-order valence-electron chi connectivity index (χ2n) is 6.39. The standard InChI is InChI=1S/C20H20N4O3S/c1-2-24(11-18-22-15-6-4-3-5-14(15)19(25)23-18)20(28)21-10-13-7-8-16-17(9-13)27-12-26-16/h3-9H,2,10-12H2,1H3,(H,21,28)(H,22,23,25). The van der Waals surface area contributed by atoms with Gasteiger partial charge in [-0.05, 0) is 49.0 Å². The van der Waals surface area contributed by atoms with E-state index in [1.807, 2.05) is 48.2 Å². The molecule has 2 heterocycles. The van der Waals surface area contributed by atoms with Gasteiger partial charge in [0.05, 0.1) is 17.4 Å². The lowest BCUT2D eigenvalue weighted by Gasteiger charge is -2.24. The highest BCUT2D eigenvalue weighted by atomic mass is 32.1. The quantitative estimate of drug-likeness (QED) is 0.642. The molecule has 0 amide bonds. The van der Waals surface area contributed by atoms with Crippen LogP contribution in [0.4, 0.5) is 0 Å². The Labute approximate surface area is 167 Å². The zero-order chi connectivity index (χ0) is 19.5.